The van der Waals surface area contributed by atoms with Crippen molar-refractivity contribution < 1.29 is 14.3 Å². The Morgan fingerprint density at radius 3 is 2.83 bits per heavy atom. The Balaban J connectivity index is 1.63. The van der Waals surface area contributed by atoms with Gasteiger partial charge in [-0.25, -0.2) is 0 Å². The van der Waals surface area contributed by atoms with Crippen LogP contribution in [0.4, 0.5) is 6.01 Å². The minimum Gasteiger partial charge on any atom is -0.481 e. The molecule has 1 aromatic heterocycles. The number of rotatable bonds is 4. The third-order valence-corrected chi connectivity index (χ3v) is 4.10. The third-order valence-electron chi connectivity index (χ3n) is 4.10. The van der Waals surface area contributed by atoms with Crippen molar-refractivity contribution in [3.63, 3.8) is 0 Å². The first-order valence-electron chi connectivity index (χ1n) is 6.34. The van der Waals surface area contributed by atoms with Crippen LogP contribution >= 0.6 is 0 Å². The summed E-state index contributed by atoms with van der Waals surface area (Å²) in [4.78, 5) is 11.2. The standard InChI is InChI=1S/C12H17N3O3/c1-6(2)9-14-15-11(18-9)13-8-3-7-4-12(7,5-8)10(16)17/h6-8H,3-5H2,1-2H3,(H,13,15)(H,16,17)/t7-,8+,12+/m0/s1. The molecule has 0 unspecified atom stereocenters. The predicted molar refractivity (Wildman–Crippen MR) is 63.2 cm³/mol. The molecule has 0 aliphatic heterocycles. The lowest BCUT2D eigenvalue weighted by atomic mass is 10.0. The van der Waals surface area contributed by atoms with Crippen molar-refractivity contribution in [2.24, 2.45) is 11.3 Å². The monoisotopic (exact) mass is 251 g/mol. The molecule has 2 fully saturated rings. The van der Waals surface area contributed by atoms with Crippen LogP contribution in [0.2, 0.25) is 0 Å². The minimum absolute atomic E-state index is 0.139. The van der Waals surface area contributed by atoms with Gasteiger partial charge >= 0.3 is 12.0 Å². The van der Waals surface area contributed by atoms with Crippen molar-refractivity contribution in [1.29, 1.82) is 0 Å². The fraction of sp³-hybridized carbons (Fsp3) is 0.750. The quantitative estimate of drug-likeness (QED) is 0.849. The Morgan fingerprint density at radius 2 is 2.28 bits per heavy atom. The van der Waals surface area contributed by atoms with Gasteiger partial charge in [0.2, 0.25) is 5.89 Å². The number of nitrogens with one attached hydrogen (secondary N) is 1. The molecule has 6 heteroatoms. The van der Waals surface area contributed by atoms with Gasteiger partial charge in [-0.3, -0.25) is 4.79 Å². The van der Waals surface area contributed by atoms with Gasteiger partial charge in [0.15, 0.2) is 0 Å². The van der Waals surface area contributed by atoms with Gasteiger partial charge in [0.05, 0.1) is 5.41 Å². The lowest BCUT2D eigenvalue weighted by Gasteiger charge is -2.13. The van der Waals surface area contributed by atoms with Crippen LogP contribution in [0.3, 0.4) is 0 Å². The smallest absolute Gasteiger partial charge is 0.315 e. The molecule has 0 amide bonds. The van der Waals surface area contributed by atoms with E-state index >= 15 is 0 Å². The molecule has 2 aliphatic carbocycles. The van der Waals surface area contributed by atoms with Gasteiger partial charge in [0, 0.05) is 12.0 Å². The number of hydrogen-bond donors (Lipinski definition) is 2. The average molecular weight is 251 g/mol. The fourth-order valence-electron chi connectivity index (χ4n) is 2.97. The molecule has 18 heavy (non-hydrogen) atoms. The maximum Gasteiger partial charge on any atom is 0.315 e. The number of carboxylic acid groups (broad SMARTS) is 1. The highest BCUT2D eigenvalue weighted by molar-refractivity contribution is 5.79. The van der Waals surface area contributed by atoms with E-state index in [1.54, 1.807) is 0 Å². The second-order valence-corrected chi connectivity index (χ2v) is 5.74. The van der Waals surface area contributed by atoms with Gasteiger partial charge in [-0.05, 0) is 25.2 Å². The average Bonchev–Trinajstić information content (AvgIpc) is 2.72. The lowest BCUT2D eigenvalue weighted by molar-refractivity contribution is -0.143. The molecule has 2 N–H and O–H groups in total. The van der Waals surface area contributed by atoms with Gasteiger partial charge in [-0.2, -0.15) is 0 Å². The summed E-state index contributed by atoms with van der Waals surface area (Å²) in [5.74, 6) is 0.467. The highest BCUT2D eigenvalue weighted by Gasteiger charge is 2.65. The van der Waals surface area contributed by atoms with Crippen LogP contribution in [0.1, 0.15) is 44.9 Å². The van der Waals surface area contributed by atoms with E-state index in [-0.39, 0.29) is 12.0 Å². The zero-order valence-corrected chi connectivity index (χ0v) is 10.5. The normalized spacial score (nSPS) is 33.5. The molecule has 0 bridgehead atoms. The molecule has 1 aromatic rings. The van der Waals surface area contributed by atoms with Crippen molar-refractivity contribution >= 4 is 12.0 Å². The molecule has 0 saturated heterocycles. The lowest BCUT2D eigenvalue weighted by Crippen LogP contribution is -2.22. The van der Waals surface area contributed by atoms with Crippen LogP contribution in [0.5, 0.6) is 0 Å². The van der Waals surface area contributed by atoms with E-state index in [0.717, 1.165) is 12.8 Å². The van der Waals surface area contributed by atoms with Crippen molar-refractivity contribution in [1.82, 2.24) is 10.2 Å². The molecular formula is C12H17N3O3. The van der Waals surface area contributed by atoms with Crippen LogP contribution in [0.15, 0.2) is 4.42 Å². The summed E-state index contributed by atoms with van der Waals surface area (Å²) in [7, 11) is 0. The Hall–Kier alpha value is -1.59. The van der Waals surface area contributed by atoms with Crippen molar-refractivity contribution in [2.75, 3.05) is 5.32 Å². The molecule has 3 rings (SSSR count). The Bertz CT molecular complexity index is 485. The SMILES string of the molecule is CC(C)c1nnc(N[C@@H]2C[C@H]3C[C@@]3(C(=O)O)C2)o1. The predicted octanol–water partition coefficient (Wildman–Crippen LogP) is 1.86. The summed E-state index contributed by atoms with van der Waals surface area (Å²) in [5, 5.41) is 20.2. The Labute approximate surface area is 105 Å². The van der Waals surface area contributed by atoms with E-state index in [9.17, 15) is 9.90 Å². The van der Waals surface area contributed by atoms with Crippen molar-refractivity contribution in [3.05, 3.63) is 5.89 Å². The number of carbonyl (C=O) groups is 1. The van der Waals surface area contributed by atoms with E-state index in [1.807, 2.05) is 13.8 Å². The highest BCUT2D eigenvalue weighted by atomic mass is 16.4. The molecular weight excluding hydrogens is 234 g/mol. The zero-order valence-electron chi connectivity index (χ0n) is 10.5. The van der Waals surface area contributed by atoms with Gasteiger partial charge in [-0.1, -0.05) is 18.9 Å². The van der Waals surface area contributed by atoms with Crippen LogP contribution in [0.25, 0.3) is 0 Å². The highest BCUT2D eigenvalue weighted by Crippen LogP contribution is 2.63. The number of fused-ring (bicyclic) bond motifs is 1. The summed E-state index contributed by atoms with van der Waals surface area (Å²) < 4.78 is 5.47. The van der Waals surface area contributed by atoms with Crippen LogP contribution in [0, 0.1) is 11.3 Å². The van der Waals surface area contributed by atoms with Gasteiger partial charge in [-0.15, -0.1) is 5.10 Å². The maximum absolute atomic E-state index is 11.2. The van der Waals surface area contributed by atoms with Crippen molar-refractivity contribution in [3.8, 4) is 0 Å². The van der Waals surface area contributed by atoms with Crippen LogP contribution in [-0.4, -0.2) is 27.3 Å². The second kappa shape index (κ2) is 3.70. The Morgan fingerprint density at radius 1 is 1.50 bits per heavy atom. The van der Waals surface area contributed by atoms with Gasteiger partial charge < -0.3 is 14.8 Å². The molecule has 6 nitrogen and oxygen atoms in total. The molecule has 2 aliphatic rings. The largest absolute Gasteiger partial charge is 0.481 e. The van der Waals surface area contributed by atoms with E-state index in [2.05, 4.69) is 15.5 Å². The first-order chi connectivity index (χ1) is 8.51. The zero-order chi connectivity index (χ0) is 12.9. The van der Waals surface area contributed by atoms with Crippen LogP contribution < -0.4 is 5.32 Å². The van der Waals surface area contributed by atoms with Crippen LogP contribution in [-0.2, 0) is 4.79 Å². The first kappa shape index (κ1) is 11.5. The van der Waals surface area contributed by atoms with E-state index in [4.69, 9.17) is 4.42 Å². The van der Waals surface area contributed by atoms with E-state index in [0.29, 0.717) is 24.2 Å². The van der Waals surface area contributed by atoms with Crippen molar-refractivity contribution in [2.45, 2.75) is 45.1 Å². The maximum atomic E-state index is 11.2. The topological polar surface area (TPSA) is 88.2 Å². The summed E-state index contributed by atoms with van der Waals surface area (Å²) in [6.07, 6.45) is 2.36. The summed E-state index contributed by atoms with van der Waals surface area (Å²) in [5.41, 5.74) is -0.474. The number of anilines is 1. The molecule has 0 radical (unpaired) electrons. The number of aromatic nitrogens is 2. The molecule has 3 atom stereocenters. The number of nitrogens with zero attached hydrogens (tertiary/aromatic N) is 2. The summed E-state index contributed by atoms with van der Waals surface area (Å²) in [6.45, 7) is 3.98. The molecule has 98 valence electrons. The molecule has 0 spiro atoms. The molecule has 0 aromatic carbocycles. The number of hydrogen-bond acceptors (Lipinski definition) is 5. The minimum atomic E-state index is -0.662. The summed E-state index contributed by atoms with van der Waals surface area (Å²) in [6, 6.07) is 0.547. The molecule has 2 saturated carbocycles. The molecule has 1 heterocycles. The third kappa shape index (κ3) is 1.67. The summed E-state index contributed by atoms with van der Waals surface area (Å²) >= 11 is 0. The number of aliphatic carboxylic acids is 1. The van der Waals surface area contributed by atoms with Gasteiger partial charge in [0.25, 0.3) is 0 Å². The van der Waals surface area contributed by atoms with E-state index < -0.39 is 11.4 Å². The Kier molecular flexibility index (Phi) is 2.36. The van der Waals surface area contributed by atoms with Gasteiger partial charge in [0.1, 0.15) is 0 Å². The number of carboxylic acids is 1. The fourth-order valence-corrected chi connectivity index (χ4v) is 2.97. The first-order valence-corrected chi connectivity index (χ1v) is 6.34. The van der Waals surface area contributed by atoms with E-state index in [1.165, 1.54) is 0 Å². The second-order valence-electron chi connectivity index (χ2n) is 5.74.